The molecule has 0 bridgehead atoms. The zero-order chi connectivity index (χ0) is 32.6. The molecule has 1 aliphatic carbocycles. The molecule has 0 aliphatic heterocycles. The van der Waals surface area contributed by atoms with Gasteiger partial charge in [0, 0.05) is 48.7 Å². The molecule has 0 fully saturated rings. The SMILES string of the molecule is Cc1cc(-c2nc(CCCN(Cc3ccccc3)Cc3ccccc3)cc3c2CCC3)cnc1-c1cc(CCC(=O)O)cnc1C#N. The van der Waals surface area contributed by atoms with Gasteiger partial charge in [0.1, 0.15) is 11.8 Å². The van der Waals surface area contributed by atoms with Gasteiger partial charge in [0.05, 0.1) is 11.4 Å². The van der Waals surface area contributed by atoms with Crippen molar-refractivity contribution < 1.29 is 9.90 Å². The van der Waals surface area contributed by atoms with Crippen molar-refractivity contribution in [2.45, 2.75) is 65.0 Å². The van der Waals surface area contributed by atoms with Crippen LogP contribution in [-0.2, 0) is 43.6 Å². The van der Waals surface area contributed by atoms with Crippen molar-refractivity contribution in [3.63, 3.8) is 0 Å². The van der Waals surface area contributed by atoms with Gasteiger partial charge in [-0.2, -0.15) is 5.26 Å². The summed E-state index contributed by atoms with van der Waals surface area (Å²) >= 11 is 0. The number of benzene rings is 2. The molecule has 6 rings (SSSR count). The smallest absolute Gasteiger partial charge is 0.303 e. The van der Waals surface area contributed by atoms with Crippen LogP contribution in [-0.4, -0.2) is 37.5 Å². The van der Waals surface area contributed by atoms with E-state index < -0.39 is 5.97 Å². The highest BCUT2D eigenvalue weighted by atomic mass is 16.4. The van der Waals surface area contributed by atoms with E-state index in [-0.39, 0.29) is 12.1 Å². The van der Waals surface area contributed by atoms with Gasteiger partial charge in [-0.1, -0.05) is 60.7 Å². The standard InChI is InChI=1S/C40H39N5O2/c1-28-20-33(25-43-39(28)36-21-31(17-18-38(46)47)24-42-37(36)23-41)40-35-16-8-14-32(35)22-34(44-40)15-9-19-45(26-29-10-4-2-5-11-29)27-30-12-6-3-7-13-30/h2-7,10-13,20-22,24-25H,8-9,14-19,26-27H2,1H3,(H,46,47). The van der Waals surface area contributed by atoms with Crippen molar-refractivity contribution in [3.8, 4) is 28.6 Å². The topological polar surface area (TPSA) is 103 Å². The Morgan fingerprint density at radius 1 is 0.872 bits per heavy atom. The van der Waals surface area contributed by atoms with Crippen molar-refractivity contribution in [2.24, 2.45) is 0 Å². The van der Waals surface area contributed by atoms with E-state index in [4.69, 9.17) is 15.1 Å². The molecule has 0 saturated heterocycles. The Bertz CT molecular complexity index is 1860. The van der Waals surface area contributed by atoms with Gasteiger partial charge in [-0.3, -0.25) is 19.7 Å². The minimum atomic E-state index is -0.867. The van der Waals surface area contributed by atoms with Gasteiger partial charge in [-0.25, -0.2) is 4.98 Å². The van der Waals surface area contributed by atoms with Gasteiger partial charge in [-0.15, -0.1) is 0 Å². The zero-order valence-electron chi connectivity index (χ0n) is 26.8. The van der Waals surface area contributed by atoms with E-state index in [0.29, 0.717) is 17.7 Å². The molecular weight excluding hydrogens is 582 g/mol. The molecule has 1 aliphatic rings. The van der Waals surface area contributed by atoms with Gasteiger partial charge in [0.15, 0.2) is 0 Å². The number of pyridine rings is 3. The lowest BCUT2D eigenvalue weighted by molar-refractivity contribution is -0.136. The van der Waals surface area contributed by atoms with Gasteiger partial charge in [0.25, 0.3) is 0 Å². The minimum absolute atomic E-state index is 0.00354. The number of nitriles is 1. The van der Waals surface area contributed by atoms with Crippen molar-refractivity contribution in [1.82, 2.24) is 19.9 Å². The highest BCUT2D eigenvalue weighted by Crippen LogP contribution is 2.34. The van der Waals surface area contributed by atoms with Crippen LogP contribution < -0.4 is 0 Å². The Labute approximate surface area is 276 Å². The lowest BCUT2D eigenvalue weighted by atomic mass is 9.98. The fourth-order valence-corrected chi connectivity index (χ4v) is 6.54. The summed E-state index contributed by atoms with van der Waals surface area (Å²) in [6, 6.07) is 29.8. The number of rotatable bonds is 13. The average molecular weight is 622 g/mol. The van der Waals surface area contributed by atoms with E-state index in [1.54, 1.807) is 6.20 Å². The van der Waals surface area contributed by atoms with Crippen LogP contribution in [0, 0.1) is 18.3 Å². The third-order valence-corrected chi connectivity index (χ3v) is 8.83. The monoisotopic (exact) mass is 621 g/mol. The molecule has 3 heterocycles. The van der Waals surface area contributed by atoms with Crippen LogP contribution in [0.25, 0.3) is 22.5 Å². The Balaban J connectivity index is 1.22. The van der Waals surface area contributed by atoms with E-state index in [1.807, 2.05) is 19.2 Å². The molecular formula is C40H39N5O2. The quantitative estimate of drug-likeness (QED) is 0.145. The number of fused-ring (bicyclic) bond motifs is 1. The first kappa shape index (κ1) is 31.8. The summed E-state index contributed by atoms with van der Waals surface area (Å²) in [7, 11) is 0. The highest BCUT2D eigenvalue weighted by Gasteiger charge is 2.21. The molecule has 0 saturated carbocycles. The zero-order valence-corrected chi connectivity index (χ0v) is 26.8. The number of carboxylic acids is 1. The first-order valence-corrected chi connectivity index (χ1v) is 16.4. The van der Waals surface area contributed by atoms with Crippen LogP contribution in [0.5, 0.6) is 0 Å². The van der Waals surface area contributed by atoms with Crippen LogP contribution in [0.1, 0.15) is 64.0 Å². The number of carbonyl (C=O) groups is 1. The molecule has 2 aromatic carbocycles. The third kappa shape index (κ3) is 7.97. The Kier molecular flexibility index (Phi) is 10.1. The Hall–Kier alpha value is -5.19. The molecule has 0 amide bonds. The molecule has 0 spiro atoms. The molecule has 3 aromatic heterocycles. The fourth-order valence-electron chi connectivity index (χ4n) is 6.54. The molecule has 7 nitrogen and oxygen atoms in total. The summed E-state index contributed by atoms with van der Waals surface area (Å²) in [5, 5.41) is 18.9. The average Bonchev–Trinajstić information content (AvgIpc) is 3.56. The first-order chi connectivity index (χ1) is 23.0. The molecule has 0 atom stereocenters. The second-order valence-corrected chi connectivity index (χ2v) is 12.4. The highest BCUT2D eigenvalue weighted by molar-refractivity contribution is 5.73. The van der Waals surface area contributed by atoms with E-state index in [2.05, 4.69) is 88.7 Å². The molecule has 236 valence electrons. The van der Waals surface area contributed by atoms with E-state index >= 15 is 0 Å². The molecule has 7 heteroatoms. The number of hydrogen-bond donors (Lipinski definition) is 1. The van der Waals surface area contributed by atoms with Gasteiger partial charge >= 0.3 is 5.97 Å². The van der Waals surface area contributed by atoms with E-state index in [1.165, 1.54) is 22.3 Å². The van der Waals surface area contributed by atoms with Gasteiger partial charge in [-0.05, 0) is 104 Å². The van der Waals surface area contributed by atoms with Gasteiger partial charge < -0.3 is 5.11 Å². The molecule has 5 aromatic rings. The summed E-state index contributed by atoms with van der Waals surface area (Å²) in [6.07, 6.45) is 8.89. The summed E-state index contributed by atoms with van der Waals surface area (Å²) in [5.41, 5.74) is 11.7. The number of hydrogen-bond acceptors (Lipinski definition) is 6. The van der Waals surface area contributed by atoms with Crippen LogP contribution in [0.15, 0.2) is 91.3 Å². The number of nitrogens with zero attached hydrogens (tertiary/aromatic N) is 5. The van der Waals surface area contributed by atoms with Gasteiger partial charge in [0.2, 0.25) is 0 Å². The number of aromatic nitrogens is 3. The number of aryl methyl sites for hydroxylation is 4. The summed E-state index contributed by atoms with van der Waals surface area (Å²) in [5.74, 6) is -0.867. The van der Waals surface area contributed by atoms with Crippen molar-refractivity contribution >= 4 is 5.97 Å². The predicted octanol–water partition coefficient (Wildman–Crippen LogP) is 7.53. The lowest BCUT2D eigenvalue weighted by Gasteiger charge is -2.23. The van der Waals surface area contributed by atoms with E-state index in [9.17, 15) is 10.1 Å². The maximum Gasteiger partial charge on any atom is 0.303 e. The van der Waals surface area contributed by atoms with Crippen LogP contribution in [0.2, 0.25) is 0 Å². The second-order valence-electron chi connectivity index (χ2n) is 12.4. The molecule has 47 heavy (non-hydrogen) atoms. The van der Waals surface area contributed by atoms with Crippen molar-refractivity contribution in [1.29, 1.82) is 5.26 Å². The maximum absolute atomic E-state index is 11.1. The first-order valence-electron chi connectivity index (χ1n) is 16.4. The number of carboxylic acid groups (broad SMARTS) is 1. The summed E-state index contributed by atoms with van der Waals surface area (Å²) in [6.45, 7) is 4.77. The predicted molar refractivity (Wildman–Crippen MR) is 183 cm³/mol. The van der Waals surface area contributed by atoms with Crippen LogP contribution in [0.4, 0.5) is 0 Å². The number of aliphatic carboxylic acids is 1. The molecule has 1 N–H and O–H groups in total. The second kappa shape index (κ2) is 14.9. The Morgan fingerprint density at radius 2 is 1.60 bits per heavy atom. The lowest BCUT2D eigenvalue weighted by Crippen LogP contribution is -2.24. The van der Waals surface area contributed by atoms with E-state index in [0.717, 1.165) is 79.8 Å². The Morgan fingerprint density at radius 3 is 2.26 bits per heavy atom. The fraction of sp³-hybridized carbons (Fsp3) is 0.275. The third-order valence-electron chi connectivity index (χ3n) is 8.83. The van der Waals surface area contributed by atoms with Crippen molar-refractivity contribution in [2.75, 3.05) is 6.54 Å². The molecule has 0 unspecified atom stereocenters. The molecule has 0 radical (unpaired) electrons. The summed E-state index contributed by atoms with van der Waals surface area (Å²) in [4.78, 5) is 28.0. The summed E-state index contributed by atoms with van der Waals surface area (Å²) < 4.78 is 0. The normalized spacial score (nSPS) is 12.2. The maximum atomic E-state index is 11.1. The largest absolute Gasteiger partial charge is 0.481 e. The van der Waals surface area contributed by atoms with Crippen LogP contribution in [0.3, 0.4) is 0 Å². The van der Waals surface area contributed by atoms with Crippen molar-refractivity contribution in [3.05, 3.63) is 136 Å². The van der Waals surface area contributed by atoms with Crippen LogP contribution >= 0.6 is 0 Å². The minimum Gasteiger partial charge on any atom is -0.481 e.